The summed E-state index contributed by atoms with van der Waals surface area (Å²) in [4.78, 5) is 2.56. The van der Waals surface area contributed by atoms with Gasteiger partial charge in [0, 0.05) is 34.4 Å². The lowest BCUT2D eigenvalue weighted by atomic mass is 10.0. The first-order valence-corrected chi connectivity index (χ1v) is 7.49. The maximum Gasteiger partial charge on any atom is 0.0343 e. The molecule has 0 saturated carbocycles. The topological polar surface area (TPSA) is 15.3 Å². The summed E-state index contributed by atoms with van der Waals surface area (Å²) in [5, 5.41) is 3.64. The van der Waals surface area contributed by atoms with E-state index in [9.17, 15) is 0 Å². The van der Waals surface area contributed by atoms with Crippen molar-refractivity contribution in [2.45, 2.75) is 38.8 Å². The van der Waals surface area contributed by atoms with E-state index >= 15 is 0 Å². The maximum absolute atomic E-state index is 3.64. The molecular weight excluding hydrogens is 323 g/mol. The highest BCUT2D eigenvalue weighted by atomic mass is 127. The van der Waals surface area contributed by atoms with Crippen LogP contribution >= 0.6 is 22.6 Å². The minimum absolute atomic E-state index is 0.644. The van der Waals surface area contributed by atoms with E-state index in [0.717, 1.165) is 0 Å². The number of nitrogens with one attached hydrogen (secondary N) is 1. The molecule has 0 aliphatic carbocycles. The Balaban J connectivity index is 1.84. The zero-order valence-corrected chi connectivity index (χ0v) is 12.8. The molecule has 0 atom stereocenters. The van der Waals surface area contributed by atoms with Gasteiger partial charge in [-0.2, -0.15) is 0 Å². The first kappa shape index (κ1) is 13.1. The SMILES string of the molecule is CC(C)N1CCC(Nc2ccc(I)cc2)CC1. The summed E-state index contributed by atoms with van der Waals surface area (Å²) in [5.74, 6) is 0. The number of benzene rings is 1. The van der Waals surface area contributed by atoms with Gasteiger partial charge in [0.15, 0.2) is 0 Å². The number of hydrogen-bond acceptors (Lipinski definition) is 2. The van der Waals surface area contributed by atoms with Gasteiger partial charge in [-0.25, -0.2) is 0 Å². The smallest absolute Gasteiger partial charge is 0.0343 e. The molecule has 17 heavy (non-hydrogen) atoms. The number of rotatable bonds is 3. The first-order chi connectivity index (χ1) is 8.15. The van der Waals surface area contributed by atoms with Crippen LogP contribution in [0.4, 0.5) is 5.69 Å². The van der Waals surface area contributed by atoms with Crippen molar-refractivity contribution in [3.8, 4) is 0 Å². The van der Waals surface area contributed by atoms with Crippen molar-refractivity contribution in [1.29, 1.82) is 0 Å². The molecule has 1 aromatic rings. The number of halogens is 1. The van der Waals surface area contributed by atoms with Gasteiger partial charge in [0.2, 0.25) is 0 Å². The van der Waals surface area contributed by atoms with E-state index in [4.69, 9.17) is 0 Å². The molecule has 1 aliphatic rings. The number of piperidine rings is 1. The Hall–Kier alpha value is -0.290. The Morgan fingerprint density at radius 2 is 1.76 bits per heavy atom. The van der Waals surface area contributed by atoms with E-state index in [1.165, 1.54) is 35.2 Å². The van der Waals surface area contributed by atoms with Gasteiger partial charge in [-0.15, -0.1) is 0 Å². The molecular formula is C14H21IN2. The van der Waals surface area contributed by atoms with Gasteiger partial charge in [0.25, 0.3) is 0 Å². The molecule has 3 heteroatoms. The molecule has 1 aliphatic heterocycles. The lowest BCUT2D eigenvalue weighted by Crippen LogP contribution is -2.42. The van der Waals surface area contributed by atoms with Gasteiger partial charge < -0.3 is 10.2 Å². The van der Waals surface area contributed by atoms with Gasteiger partial charge in [-0.1, -0.05) is 0 Å². The average Bonchev–Trinajstić information content (AvgIpc) is 2.33. The predicted octanol–water partition coefficient (Wildman–Crippen LogP) is 3.58. The van der Waals surface area contributed by atoms with Gasteiger partial charge in [-0.05, 0) is 73.5 Å². The number of likely N-dealkylation sites (tertiary alicyclic amines) is 1. The quantitative estimate of drug-likeness (QED) is 0.844. The zero-order valence-electron chi connectivity index (χ0n) is 10.6. The lowest BCUT2D eigenvalue weighted by molar-refractivity contribution is 0.177. The van der Waals surface area contributed by atoms with Crippen molar-refractivity contribution < 1.29 is 0 Å². The van der Waals surface area contributed by atoms with Crippen molar-refractivity contribution in [3.63, 3.8) is 0 Å². The lowest BCUT2D eigenvalue weighted by Gasteiger charge is -2.35. The molecule has 1 N–H and O–H groups in total. The van der Waals surface area contributed by atoms with Gasteiger partial charge >= 0.3 is 0 Å². The van der Waals surface area contributed by atoms with Crippen LogP contribution in [0.15, 0.2) is 24.3 Å². The molecule has 1 fully saturated rings. The van der Waals surface area contributed by atoms with E-state index in [1.807, 2.05) is 0 Å². The summed E-state index contributed by atoms with van der Waals surface area (Å²) in [6.45, 7) is 7.01. The molecule has 0 bridgehead atoms. The van der Waals surface area contributed by atoms with Crippen LogP contribution in [0.25, 0.3) is 0 Å². The highest BCUT2D eigenvalue weighted by Gasteiger charge is 2.20. The molecule has 2 nitrogen and oxygen atoms in total. The molecule has 0 aromatic heterocycles. The van der Waals surface area contributed by atoms with Crippen LogP contribution in [0.1, 0.15) is 26.7 Å². The fourth-order valence-corrected chi connectivity index (χ4v) is 2.70. The second kappa shape index (κ2) is 6.05. The van der Waals surface area contributed by atoms with Crippen LogP contribution < -0.4 is 5.32 Å². The Bertz CT molecular complexity index is 340. The van der Waals surface area contributed by atoms with E-state index < -0.39 is 0 Å². The first-order valence-electron chi connectivity index (χ1n) is 6.41. The fraction of sp³-hybridized carbons (Fsp3) is 0.571. The molecule has 0 amide bonds. The van der Waals surface area contributed by atoms with Crippen molar-refractivity contribution in [2.75, 3.05) is 18.4 Å². The minimum atomic E-state index is 0.644. The number of anilines is 1. The molecule has 0 spiro atoms. The predicted molar refractivity (Wildman–Crippen MR) is 82.5 cm³/mol. The van der Waals surface area contributed by atoms with Crippen LogP contribution in [0, 0.1) is 3.57 Å². The van der Waals surface area contributed by atoms with Gasteiger partial charge in [0.1, 0.15) is 0 Å². The Morgan fingerprint density at radius 1 is 1.18 bits per heavy atom. The summed E-state index contributed by atoms with van der Waals surface area (Å²) >= 11 is 2.34. The van der Waals surface area contributed by atoms with Crippen LogP contribution in [-0.2, 0) is 0 Å². The minimum Gasteiger partial charge on any atom is -0.382 e. The largest absolute Gasteiger partial charge is 0.382 e. The Labute approximate surface area is 118 Å². The maximum atomic E-state index is 3.64. The van der Waals surface area contributed by atoms with Crippen molar-refractivity contribution in [3.05, 3.63) is 27.8 Å². The highest BCUT2D eigenvalue weighted by molar-refractivity contribution is 14.1. The third-order valence-corrected chi connectivity index (χ3v) is 4.19. The van der Waals surface area contributed by atoms with E-state index in [1.54, 1.807) is 0 Å². The second-order valence-electron chi connectivity index (χ2n) is 5.06. The third-order valence-electron chi connectivity index (χ3n) is 3.47. The van der Waals surface area contributed by atoms with Crippen molar-refractivity contribution in [1.82, 2.24) is 4.90 Å². The zero-order chi connectivity index (χ0) is 12.3. The van der Waals surface area contributed by atoms with E-state index in [-0.39, 0.29) is 0 Å². The van der Waals surface area contributed by atoms with Crippen LogP contribution in [0.3, 0.4) is 0 Å². The normalized spacial score (nSPS) is 18.6. The average molecular weight is 344 g/mol. The molecule has 2 rings (SSSR count). The van der Waals surface area contributed by atoms with Crippen molar-refractivity contribution in [2.24, 2.45) is 0 Å². The standard InChI is InChI=1S/C14H21IN2/c1-11(2)17-9-7-14(8-10-17)16-13-5-3-12(15)4-6-13/h3-6,11,14,16H,7-10H2,1-2H3. The second-order valence-corrected chi connectivity index (χ2v) is 6.30. The van der Waals surface area contributed by atoms with Crippen molar-refractivity contribution >= 4 is 28.3 Å². The summed E-state index contributed by atoms with van der Waals surface area (Å²) in [6, 6.07) is 10.0. The van der Waals surface area contributed by atoms with Crippen LogP contribution in [-0.4, -0.2) is 30.1 Å². The summed E-state index contributed by atoms with van der Waals surface area (Å²) in [6.07, 6.45) is 2.51. The molecule has 1 aromatic carbocycles. The Kier molecular flexibility index (Phi) is 4.68. The fourth-order valence-electron chi connectivity index (χ4n) is 2.34. The van der Waals surface area contributed by atoms with Crippen LogP contribution in [0.2, 0.25) is 0 Å². The highest BCUT2D eigenvalue weighted by Crippen LogP contribution is 2.18. The summed E-state index contributed by atoms with van der Waals surface area (Å²) in [7, 11) is 0. The van der Waals surface area contributed by atoms with E-state index in [0.29, 0.717) is 12.1 Å². The summed E-state index contributed by atoms with van der Waals surface area (Å²) < 4.78 is 1.29. The van der Waals surface area contributed by atoms with E-state index in [2.05, 4.69) is 70.9 Å². The Morgan fingerprint density at radius 3 is 2.29 bits per heavy atom. The molecule has 0 radical (unpaired) electrons. The number of hydrogen-bond donors (Lipinski definition) is 1. The van der Waals surface area contributed by atoms with Crippen LogP contribution in [0.5, 0.6) is 0 Å². The molecule has 94 valence electrons. The third kappa shape index (κ3) is 3.85. The molecule has 1 saturated heterocycles. The monoisotopic (exact) mass is 344 g/mol. The van der Waals surface area contributed by atoms with Gasteiger partial charge in [0.05, 0.1) is 0 Å². The molecule has 1 heterocycles. The number of nitrogens with zero attached hydrogens (tertiary/aromatic N) is 1. The van der Waals surface area contributed by atoms with Gasteiger partial charge in [-0.3, -0.25) is 0 Å². The molecule has 0 unspecified atom stereocenters. The summed E-state index contributed by atoms with van der Waals surface area (Å²) in [5.41, 5.74) is 1.26.